The first kappa shape index (κ1) is 14.8. The number of hydrogen-bond donors (Lipinski definition) is 1. The highest BCUT2D eigenvalue weighted by Crippen LogP contribution is 2.17. The van der Waals surface area contributed by atoms with Crippen molar-refractivity contribution in [2.45, 2.75) is 13.5 Å². The van der Waals surface area contributed by atoms with Crippen LogP contribution in [-0.4, -0.2) is 33.2 Å². The van der Waals surface area contributed by atoms with Crippen LogP contribution >= 0.6 is 0 Å². The minimum absolute atomic E-state index is 0.0517. The lowest BCUT2D eigenvalue weighted by Gasteiger charge is -2.06. The van der Waals surface area contributed by atoms with Crippen molar-refractivity contribution >= 4 is 11.6 Å². The van der Waals surface area contributed by atoms with Gasteiger partial charge in [-0.25, -0.2) is 0 Å². The van der Waals surface area contributed by atoms with Gasteiger partial charge in [0, 0.05) is 11.8 Å². The van der Waals surface area contributed by atoms with Gasteiger partial charge in [-0.2, -0.15) is 4.80 Å². The lowest BCUT2D eigenvalue weighted by Crippen LogP contribution is -2.20. The van der Waals surface area contributed by atoms with Crippen LogP contribution in [0.4, 0.5) is 5.69 Å². The number of furan rings is 1. The number of anilines is 1. The molecule has 0 radical (unpaired) electrons. The van der Waals surface area contributed by atoms with Crippen molar-refractivity contribution in [2.75, 3.05) is 12.4 Å². The molecule has 3 aromatic rings. The Morgan fingerprint density at radius 3 is 2.96 bits per heavy atom. The van der Waals surface area contributed by atoms with Crippen LogP contribution in [0.15, 0.2) is 40.8 Å². The molecule has 0 aliphatic carbocycles. The van der Waals surface area contributed by atoms with Crippen LogP contribution in [0.2, 0.25) is 0 Å². The van der Waals surface area contributed by atoms with Gasteiger partial charge in [-0.05, 0) is 36.4 Å². The minimum atomic E-state index is -0.266. The minimum Gasteiger partial charge on any atom is -0.497 e. The first-order valence-electron chi connectivity index (χ1n) is 6.92. The quantitative estimate of drug-likeness (QED) is 0.773. The summed E-state index contributed by atoms with van der Waals surface area (Å²) >= 11 is 0. The number of ether oxygens (including phenoxy) is 1. The number of carbonyl (C=O) groups is 1. The SMILES string of the molecule is COc1cccc(NC(=O)Cn2nnc(-c3ccc(C)o3)n2)c1. The van der Waals surface area contributed by atoms with Gasteiger partial charge >= 0.3 is 0 Å². The maximum Gasteiger partial charge on any atom is 0.248 e. The fraction of sp³-hybridized carbons (Fsp3) is 0.200. The molecule has 0 fully saturated rings. The highest BCUT2D eigenvalue weighted by Gasteiger charge is 2.12. The molecule has 1 amide bonds. The standard InChI is InChI=1S/C15H15N5O3/c1-10-6-7-13(23-10)15-17-19-20(18-15)9-14(21)16-11-4-3-5-12(8-11)22-2/h3-8H,9H2,1-2H3,(H,16,21). The van der Waals surface area contributed by atoms with Crippen LogP contribution in [0.1, 0.15) is 5.76 Å². The van der Waals surface area contributed by atoms with Gasteiger partial charge in [0.05, 0.1) is 7.11 Å². The first-order chi connectivity index (χ1) is 11.1. The third kappa shape index (κ3) is 3.54. The van der Waals surface area contributed by atoms with Crippen LogP contribution in [-0.2, 0) is 11.3 Å². The molecule has 1 N–H and O–H groups in total. The Morgan fingerprint density at radius 2 is 2.22 bits per heavy atom. The van der Waals surface area contributed by atoms with Crippen LogP contribution in [0.3, 0.4) is 0 Å². The zero-order valence-corrected chi connectivity index (χ0v) is 12.7. The predicted molar refractivity (Wildman–Crippen MR) is 81.9 cm³/mol. The normalized spacial score (nSPS) is 10.5. The predicted octanol–water partition coefficient (Wildman–Crippen LogP) is 1.89. The third-order valence-corrected chi connectivity index (χ3v) is 3.05. The molecule has 8 heteroatoms. The molecule has 8 nitrogen and oxygen atoms in total. The van der Waals surface area contributed by atoms with Crippen molar-refractivity contribution in [3.05, 3.63) is 42.2 Å². The third-order valence-electron chi connectivity index (χ3n) is 3.05. The summed E-state index contributed by atoms with van der Waals surface area (Å²) in [7, 11) is 1.57. The average molecular weight is 313 g/mol. The Morgan fingerprint density at radius 1 is 1.35 bits per heavy atom. The molecular formula is C15H15N5O3. The van der Waals surface area contributed by atoms with Crippen LogP contribution in [0.5, 0.6) is 5.75 Å². The van der Waals surface area contributed by atoms with Gasteiger partial charge in [-0.3, -0.25) is 4.79 Å². The number of benzene rings is 1. The fourth-order valence-electron chi connectivity index (χ4n) is 1.99. The lowest BCUT2D eigenvalue weighted by atomic mass is 10.3. The molecule has 118 valence electrons. The van der Waals surface area contributed by atoms with E-state index < -0.39 is 0 Å². The fourth-order valence-corrected chi connectivity index (χ4v) is 1.99. The van der Waals surface area contributed by atoms with E-state index in [0.717, 1.165) is 5.76 Å². The second-order valence-corrected chi connectivity index (χ2v) is 4.83. The molecule has 1 aromatic carbocycles. The maximum absolute atomic E-state index is 12.0. The van der Waals surface area contributed by atoms with E-state index in [4.69, 9.17) is 9.15 Å². The van der Waals surface area contributed by atoms with Gasteiger partial charge in [-0.1, -0.05) is 6.07 Å². The Kier molecular flexibility index (Phi) is 4.05. The van der Waals surface area contributed by atoms with Gasteiger partial charge in [-0.15, -0.1) is 10.2 Å². The second-order valence-electron chi connectivity index (χ2n) is 4.83. The van der Waals surface area contributed by atoms with Crippen molar-refractivity contribution < 1.29 is 13.9 Å². The van der Waals surface area contributed by atoms with E-state index in [2.05, 4.69) is 20.7 Å². The Bertz CT molecular complexity index is 824. The van der Waals surface area contributed by atoms with E-state index in [0.29, 0.717) is 23.0 Å². The van der Waals surface area contributed by atoms with E-state index in [1.54, 1.807) is 37.4 Å². The average Bonchev–Trinajstić information content (AvgIpc) is 3.16. The molecule has 0 aliphatic heterocycles. The molecule has 0 spiro atoms. The highest BCUT2D eigenvalue weighted by molar-refractivity contribution is 5.90. The van der Waals surface area contributed by atoms with Crippen molar-refractivity contribution in [2.24, 2.45) is 0 Å². The van der Waals surface area contributed by atoms with E-state index in [1.807, 2.05) is 13.0 Å². The van der Waals surface area contributed by atoms with Crippen molar-refractivity contribution in [1.82, 2.24) is 20.2 Å². The Hall–Kier alpha value is -3.16. The van der Waals surface area contributed by atoms with Crippen LogP contribution in [0.25, 0.3) is 11.6 Å². The summed E-state index contributed by atoms with van der Waals surface area (Å²) in [5.74, 6) is 2.01. The van der Waals surface area contributed by atoms with Gasteiger partial charge in [0.25, 0.3) is 0 Å². The van der Waals surface area contributed by atoms with Crippen molar-refractivity contribution in [3.63, 3.8) is 0 Å². The zero-order valence-electron chi connectivity index (χ0n) is 12.7. The molecule has 3 rings (SSSR count). The number of aromatic nitrogens is 4. The number of rotatable bonds is 5. The number of nitrogens with one attached hydrogen (secondary N) is 1. The summed E-state index contributed by atoms with van der Waals surface area (Å²) in [5, 5.41) is 14.6. The summed E-state index contributed by atoms with van der Waals surface area (Å²) in [5.41, 5.74) is 0.636. The second kappa shape index (κ2) is 6.30. The van der Waals surface area contributed by atoms with E-state index in [-0.39, 0.29) is 12.5 Å². The molecule has 2 heterocycles. The van der Waals surface area contributed by atoms with Gasteiger partial charge in [0.2, 0.25) is 11.7 Å². The molecule has 2 aromatic heterocycles. The van der Waals surface area contributed by atoms with Crippen molar-refractivity contribution in [1.29, 1.82) is 0 Å². The molecule has 0 saturated carbocycles. The van der Waals surface area contributed by atoms with Gasteiger partial charge in [0.15, 0.2) is 5.76 Å². The van der Waals surface area contributed by atoms with Crippen LogP contribution < -0.4 is 10.1 Å². The number of amides is 1. The van der Waals surface area contributed by atoms with E-state index >= 15 is 0 Å². The molecule has 0 aliphatic rings. The van der Waals surface area contributed by atoms with Gasteiger partial charge < -0.3 is 14.5 Å². The number of nitrogens with zero attached hydrogens (tertiary/aromatic N) is 4. The molecule has 0 atom stereocenters. The molecule has 23 heavy (non-hydrogen) atoms. The van der Waals surface area contributed by atoms with Crippen molar-refractivity contribution in [3.8, 4) is 17.3 Å². The molecule has 0 saturated heterocycles. The lowest BCUT2D eigenvalue weighted by molar-refractivity contribution is -0.117. The first-order valence-corrected chi connectivity index (χ1v) is 6.92. The number of carbonyl (C=O) groups excluding carboxylic acids is 1. The molecule has 0 unspecified atom stereocenters. The molecule has 0 bridgehead atoms. The maximum atomic E-state index is 12.0. The largest absolute Gasteiger partial charge is 0.497 e. The number of aryl methyl sites for hydroxylation is 1. The van der Waals surface area contributed by atoms with E-state index in [9.17, 15) is 4.79 Å². The van der Waals surface area contributed by atoms with E-state index in [1.165, 1.54) is 4.80 Å². The Labute approximate surface area is 132 Å². The summed E-state index contributed by atoms with van der Waals surface area (Å²) in [4.78, 5) is 13.2. The summed E-state index contributed by atoms with van der Waals surface area (Å²) in [6.07, 6.45) is 0. The Balaban J connectivity index is 1.65. The number of hydrogen-bond acceptors (Lipinski definition) is 6. The summed E-state index contributed by atoms with van der Waals surface area (Å²) < 4.78 is 10.5. The monoisotopic (exact) mass is 313 g/mol. The molecular weight excluding hydrogens is 298 g/mol. The van der Waals surface area contributed by atoms with Crippen LogP contribution in [0, 0.1) is 6.92 Å². The number of methoxy groups -OCH3 is 1. The zero-order chi connectivity index (χ0) is 16.2. The summed E-state index contributed by atoms with van der Waals surface area (Å²) in [6, 6.07) is 10.7. The highest BCUT2D eigenvalue weighted by atomic mass is 16.5. The summed E-state index contributed by atoms with van der Waals surface area (Å²) in [6.45, 7) is 1.78. The van der Waals surface area contributed by atoms with Gasteiger partial charge in [0.1, 0.15) is 18.1 Å². The number of tetrazole rings is 1. The smallest absolute Gasteiger partial charge is 0.248 e. The topological polar surface area (TPSA) is 95.1 Å².